The van der Waals surface area contributed by atoms with E-state index >= 15 is 0 Å². The van der Waals surface area contributed by atoms with Crippen LogP contribution in [-0.2, 0) is 10.0 Å². The van der Waals surface area contributed by atoms with Gasteiger partial charge in [-0.15, -0.1) is 0 Å². The van der Waals surface area contributed by atoms with Gasteiger partial charge in [-0.3, -0.25) is 10.1 Å². The van der Waals surface area contributed by atoms with Crippen LogP contribution in [0.2, 0.25) is 0 Å². The fraction of sp³-hybridized carbons (Fsp3) is 0. The first-order chi connectivity index (χ1) is 13.4. The van der Waals surface area contributed by atoms with Gasteiger partial charge in [0.15, 0.2) is 0 Å². The number of rotatable bonds is 7. The van der Waals surface area contributed by atoms with Crippen LogP contribution in [0, 0.1) is 10.1 Å². The van der Waals surface area contributed by atoms with Gasteiger partial charge < -0.3 is 4.74 Å². The average Bonchev–Trinajstić information content (AvgIpc) is 2.69. The Bertz CT molecular complexity index is 1080. The summed E-state index contributed by atoms with van der Waals surface area (Å²) >= 11 is 0. The number of nitrogens with zero attached hydrogens (tertiary/aromatic N) is 2. The van der Waals surface area contributed by atoms with Gasteiger partial charge in [-0.2, -0.15) is 13.5 Å². The number of ether oxygens (including phenoxy) is 1. The minimum absolute atomic E-state index is 0.0220. The maximum atomic E-state index is 12.3. The maximum absolute atomic E-state index is 12.3. The molecule has 28 heavy (non-hydrogen) atoms. The van der Waals surface area contributed by atoms with Gasteiger partial charge >= 0.3 is 0 Å². The third kappa shape index (κ3) is 4.92. The molecule has 0 saturated heterocycles. The van der Waals surface area contributed by atoms with Gasteiger partial charge in [-0.05, 0) is 42.0 Å². The molecule has 0 aliphatic carbocycles. The van der Waals surface area contributed by atoms with E-state index in [1.807, 2.05) is 18.2 Å². The van der Waals surface area contributed by atoms with E-state index in [0.717, 1.165) is 5.56 Å². The minimum atomic E-state index is -3.81. The smallest absolute Gasteiger partial charge is 0.276 e. The van der Waals surface area contributed by atoms with Gasteiger partial charge in [0.05, 0.1) is 16.0 Å². The number of hydrogen-bond donors (Lipinski definition) is 1. The van der Waals surface area contributed by atoms with E-state index in [4.69, 9.17) is 4.74 Å². The third-order valence-electron chi connectivity index (χ3n) is 3.60. The molecule has 0 amide bonds. The molecule has 0 saturated carbocycles. The molecule has 0 bridgehead atoms. The van der Waals surface area contributed by atoms with Crippen molar-refractivity contribution in [2.75, 3.05) is 0 Å². The minimum Gasteiger partial charge on any atom is -0.457 e. The van der Waals surface area contributed by atoms with E-state index in [1.54, 1.807) is 12.1 Å². The van der Waals surface area contributed by atoms with Crippen molar-refractivity contribution in [3.8, 4) is 11.5 Å². The van der Waals surface area contributed by atoms with Crippen molar-refractivity contribution >= 4 is 21.9 Å². The largest absolute Gasteiger partial charge is 0.457 e. The number of hydrogen-bond acceptors (Lipinski definition) is 6. The van der Waals surface area contributed by atoms with Gasteiger partial charge in [0, 0.05) is 12.1 Å². The average molecular weight is 397 g/mol. The fourth-order valence-electron chi connectivity index (χ4n) is 2.22. The normalized spacial score (nSPS) is 11.3. The number of nitro benzene ring substituents is 1. The Morgan fingerprint density at radius 1 is 0.893 bits per heavy atom. The molecule has 0 radical (unpaired) electrons. The van der Waals surface area contributed by atoms with Crippen molar-refractivity contribution in [1.29, 1.82) is 0 Å². The Hall–Kier alpha value is -3.72. The molecule has 0 heterocycles. The van der Waals surface area contributed by atoms with Crippen molar-refractivity contribution in [2.45, 2.75) is 4.90 Å². The zero-order valence-corrected chi connectivity index (χ0v) is 15.2. The Balaban J connectivity index is 1.65. The number of hydrazone groups is 1. The van der Waals surface area contributed by atoms with Crippen LogP contribution >= 0.6 is 0 Å². The highest BCUT2D eigenvalue weighted by molar-refractivity contribution is 7.89. The number of nitro groups is 1. The lowest BCUT2D eigenvalue weighted by atomic mass is 10.2. The van der Waals surface area contributed by atoms with Crippen molar-refractivity contribution in [3.05, 3.63) is 94.5 Å². The van der Waals surface area contributed by atoms with Crippen molar-refractivity contribution in [2.24, 2.45) is 5.10 Å². The molecule has 3 rings (SSSR count). The molecule has 0 fully saturated rings. The molecular weight excluding hydrogens is 382 g/mol. The maximum Gasteiger partial charge on any atom is 0.276 e. The molecule has 142 valence electrons. The predicted molar refractivity (Wildman–Crippen MR) is 104 cm³/mol. The molecule has 3 aromatic rings. The van der Waals surface area contributed by atoms with E-state index in [0.29, 0.717) is 11.5 Å². The molecular formula is C19H15N3O5S. The van der Waals surface area contributed by atoms with Gasteiger partial charge in [0.25, 0.3) is 15.7 Å². The summed E-state index contributed by atoms with van der Waals surface area (Å²) in [5, 5.41) is 14.4. The highest BCUT2D eigenvalue weighted by Crippen LogP contribution is 2.24. The Kier molecular flexibility index (Phi) is 5.66. The summed E-state index contributed by atoms with van der Waals surface area (Å²) in [5.74, 6) is 0.785. The molecule has 9 heteroatoms. The zero-order chi connectivity index (χ0) is 20.0. The van der Waals surface area contributed by atoms with Crippen LogP contribution in [0.4, 0.5) is 5.69 Å². The second-order valence-corrected chi connectivity index (χ2v) is 7.25. The Labute approximate surface area is 161 Å². The first-order valence-corrected chi connectivity index (χ1v) is 9.55. The summed E-state index contributed by atoms with van der Waals surface area (Å²) in [6, 6.07) is 20.4. The number of sulfonamides is 1. The monoisotopic (exact) mass is 397 g/mol. The van der Waals surface area contributed by atoms with Crippen molar-refractivity contribution < 1.29 is 18.1 Å². The molecule has 8 nitrogen and oxygen atoms in total. The van der Waals surface area contributed by atoms with E-state index in [1.165, 1.54) is 54.7 Å². The van der Waals surface area contributed by atoms with E-state index in [-0.39, 0.29) is 10.6 Å². The van der Waals surface area contributed by atoms with Gasteiger partial charge in [-0.25, -0.2) is 4.83 Å². The molecule has 3 aromatic carbocycles. The molecule has 0 aliphatic heterocycles. The van der Waals surface area contributed by atoms with Crippen LogP contribution in [-0.4, -0.2) is 19.6 Å². The van der Waals surface area contributed by atoms with Gasteiger partial charge in [0.1, 0.15) is 11.5 Å². The van der Waals surface area contributed by atoms with Crippen LogP contribution in [0.3, 0.4) is 0 Å². The predicted octanol–water partition coefficient (Wildman–Crippen LogP) is 3.70. The lowest BCUT2D eigenvalue weighted by Crippen LogP contribution is -2.18. The summed E-state index contributed by atoms with van der Waals surface area (Å²) in [6.45, 7) is 0. The fourth-order valence-corrected chi connectivity index (χ4v) is 3.01. The van der Waals surface area contributed by atoms with Crippen LogP contribution in [0.15, 0.2) is 88.9 Å². The Morgan fingerprint density at radius 3 is 2.04 bits per heavy atom. The number of nitrogens with one attached hydrogen (secondary N) is 1. The quantitative estimate of drug-likeness (QED) is 0.371. The first kappa shape index (κ1) is 19.1. The topological polar surface area (TPSA) is 111 Å². The molecule has 1 N–H and O–H groups in total. The second-order valence-electron chi connectivity index (χ2n) is 5.59. The lowest BCUT2D eigenvalue weighted by Gasteiger charge is -2.07. The first-order valence-electron chi connectivity index (χ1n) is 8.06. The highest BCUT2D eigenvalue weighted by atomic mass is 32.2. The zero-order valence-electron chi connectivity index (χ0n) is 14.4. The molecule has 0 unspecified atom stereocenters. The van der Waals surface area contributed by atoms with Crippen molar-refractivity contribution in [3.63, 3.8) is 0 Å². The van der Waals surface area contributed by atoms with Gasteiger partial charge in [-0.1, -0.05) is 30.3 Å². The summed E-state index contributed by atoms with van der Waals surface area (Å²) < 4.78 is 30.1. The van der Waals surface area contributed by atoms with Gasteiger partial charge in [0.2, 0.25) is 0 Å². The summed E-state index contributed by atoms with van der Waals surface area (Å²) in [4.78, 5) is 12.3. The standard InChI is InChI=1S/C19H15N3O5S/c23-22(24)16-6-8-17(9-7-16)27-18-10-12-19(13-11-18)28(25,26)21-20-14-15-4-2-1-3-5-15/h1-14,21H/b20-14-. The summed E-state index contributed by atoms with van der Waals surface area (Å²) in [6.07, 6.45) is 1.41. The Morgan fingerprint density at radius 2 is 1.46 bits per heavy atom. The highest BCUT2D eigenvalue weighted by Gasteiger charge is 2.13. The van der Waals surface area contributed by atoms with E-state index in [9.17, 15) is 18.5 Å². The lowest BCUT2D eigenvalue weighted by molar-refractivity contribution is -0.384. The second kappa shape index (κ2) is 8.31. The molecule has 0 aliphatic rings. The van der Waals surface area contributed by atoms with Crippen LogP contribution in [0.5, 0.6) is 11.5 Å². The SMILES string of the molecule is O=[N+]([O-])c1ccc(Oc2ccc(S(=O)(=O)N/N=C\c3ccccc3)cc2)cc1. The van der Waals surface area contributed by atoms with Crippen LogP contribution < -0.4 is 9.57 Å². The number of non-ortho nitro benzene ring substituents is 1. The van der Waals surface area contributed by atoms with Crippen molar-refractivity contribution in [1.82, 2.24) is 4.83 Å². The third-order valence-corrected chi connectivity index (χ3v) is 4.84. The number of benzene rings is 3. The molecule has 0 atom stereocenters. The summed E-state index contributed by atoms with van der Waals surface area (Å²) in [5.41, 5.74) is 0.716. The summed E-state index contributed by atoms with van der Waals surface area (Å²) in [7, 11) is -3.81. The van der Waals surface area contributed by atoms with Crippen LogP contribution in [0.1, 0.15) is 5.56 Å². The molecule has 0 aromatic heterocycles. The van der Waals surface area contributed by atoms with E-state index in [2.05, 4.69) is 9.93 Å². The van der Waals surface area contributed by atoms with E-state index < -0.39 is 14.9 Å². The van der Waals surface area contributed by atoms with Crippen LogP contribution in [0.25, 0.3) is 0 Å². The molecule has 0 spiro atoms.